The van der Waals surface area contributed by atoms with E-state index in [1.54, 1.807) is 46.2 Å². The number of likely N-dealkylation sites (N-methyl/N-ethyl adjacent to an activating group) is 1. The first kappa shape index (κ1) is 24.7. The topological polar surface area (TPSA) is 73.4 Å². The lowest BCUT2D eigenvalue weighted by Crippen LogP contribution is -2.61. The van der Waals surface area contributed by atoms with Gasteiger partial charge in [0.15, 0.2) is 0 Å². The Balaban J connectivity index is 1.38. The van der Waals surface area contributed by atoms with Crippen LogP contribution >= 0.6 is 11.6 Å². The standard InChI is InChI=1S/C27H31ClN4O4/c1-29-14-16-31(17-15-29)26(35)23-19-36-27(32(23)25(34)20-6-3-2-4-7-20)10-12-30(13-11-27)24(33)21-8-5-9-22(28)18-21/h2-9,18,23H,10-17,19H2,1H3/t23-/m0/s1. The highest BCUT2D eigenvalue weighted by atomic mass is 35.5. The second-order valence-electron chi connectivity index (χ2n) is 9.75. The lowest BCUT2D eigenvalue weighted by Gasteiger charge is -2.45. The zero-order valence-electron chi connectivity index (χ0n) is 20.4. The quantitative estimate of drug-likeness (QED) is 0.634. The third-order valence-electron chi connectivity index (χ3n) is 7.50. The molecule has 190 valence electrons. The van der Waals surface area contributed by atoms with Gasteiger partial charge in [-0.25, -0.2) is 0 Å². The summed E-state index contributed by atoms with van der Waals surface area (Å²) in [5, 5.41) is 0.512. The molecular weight excluding hydrogens is 480 g/mol. The average Bonchev–Trinajstić information content (AvgIpc) is 3.27. The Labute approximate surface area is 216 Å². The monoisotopic (exact) mass is 510 g/mol. The van der Waals surface area contributed by atoms with Crippen molar-refractivity contribution in [2.45, 2.75) is 24.6 Å². The third-order valence-corrected chi connectivity index (χ3v) is 7.74. The fourth-order valence-corrected chi connectivity index (χ4v) is 5.57. The molecule has 3 amide bonds. The molecule has 9 heteroatoms. The summed E-state index contributed by atoms with van der Waals surface area (Å²) >= 11 is 6.08. The molecule has 2 aromatic rings. The van der Waals surface area contributed by atoms with Gasteiger partial charge < -0.3 is 19.4 Å². The number of ether oxygens (including phenoxy) is 1. The number of amides is 3. The van der Waals surface area contributed by atoms with Gasteiger partial charge in [0.2, 0.25) is 5.91 Å². The van der Waals surface area contributed by atoms with Gasteiger partial charge in [-0.1, -0.05) is 35.9 Å². The summed E-state index contributed by atoms with van der Waals surface area (Å²) in [6, 6.07) is 15.3. The molecule has 0 aliphatic carbocycles. The number of carbonyl (C=O) groups is 3. The van der Waals surface area contributed by atoms with Crippen molar-refractivity contribution in [1.29, 1.82) is 0 Å². The number of hydrogen-bond acceptors (Lipinski definition) is 5. The van der Waals surface area contributed by atoms with Gasteiger partial charge in [-0.15, -0.1) is 0 Å². The summed E-state index contributed by atoms with van der Waals surface area (Å²) in [6.45, 7) is 3.86. The molecule has 3 aliphatic rings. The first-order chi connectivity index (χ1) is 17.4. The van der Waals surface area contributed by atoms with Gasteiger partial charge in [-0.05, 0) is 37.4 Å². The van der Waals surface area contributed by atoms with Crippen molar-refractivity contribution >= 4 is 29.3 Å². The Morgan fingerprint density at radius 1 is 0.833 bits per heavy atom. The van der Waals surface area contributed by atoms with Crippen molar-refractivity contribution in [2.75, 3.05) is 52.9 Å². The van der Waals surface area contributed by atoms with Crippen LogP contribution in [0.3, 0.4) is 0 Å². The highest BCUT2D eigenvalue weighted by Gasteiger charge is 2.55. The van der Waals surface area contributed by atoms with Crippen molar-refractivity contribution in [3.05, 3.63) is 70.7 Å². The number of rotatable bonds is 3. The van der Waals surface area contributed by atoms with E-state index in [1.807, 2.05) is 30.1 Å². The summed E-state index contributed by atoms with van der Waals surface area (Å²) in [7, 11) is 2.04. The van der Waals surface area contributed by atoms with Crippen LogP contribution in [0.4, 0.5) is 0 Å². The molecule has 2 aromatic carbocycles. The second-order valence-corrected chi connectivity index (χ2v) is 10.2. The Morgan fingerprint density at radius 2 is 1.50 bits per heavy atom. The van der Waals surface area contributed by atoms with Gasteiger partial charge in [0.1, 0.15) is 11.8 Å². The van der Waals surface area contributed by atoms with Crippen LogP contribution in [0.1, 0.15) is 33.6 Å². The van der Waals surface area contributed by atoms with Gasteiger partial charge in [0.05, 0.1) is 6.61 Å². The molecule has 5 rings (SSSR count). The van der Waals surface area contributed by atoms with Crippen LogP contribution in [0.2, 0.25) is 5.02 Å². The van der Waals surface area contributed by atoms with E-state index in [1.165, 1.54) is 0 Å². The minimum absolute atomic E-state index is 0.0679. The molecule has 3 saturated heterocycles. The van der Waals surface area contributed by atoms with Gasteiger partial charge in [0.25, 0.3) is 11.8 Å². The smallest absolute Gasteiger partial charge is 0.256 e. The Hall–Kier alpha value is -2.94. The lowest BCUT2D eigenvalue weighted by molar-refractivity contribution is -0.139. The van der Waals surface area contributed by atoms with Crippen molar-refractivity contribution in [1.82, 2.24) is 19.6 Å². The predicted octanol–water partition coefficient (Wildman–Crippen LogP) is 2.59. The largest absolute Gasteiger partial charge is 0.353 e. The minimum atomic E-state index is -0.926. The highest BCUT2D eigenvalue weighted by Crippen LogP contribution is 2.39. The molecule has 0 radical (unpaired) electrons. The van der Waals surface area contributed by atoms with Crippen LogP contribution in [0, 0.1) is 0 Å². The number of likely N-dealkylation sites (tertiary alicyclic amines) is 1. The number of nitrogens with zero attached hydrogens (tertiary/aromatic N) is 4. The number of benzene rings is 2. The van der Waals surface area contributed by atoms with Gasteiger partial charge >= 0.3 is 0 Å². The van der Waals surface area contributed by atoms with E-state index >= 15 is 0 Å². The summed E-state index contributed by atoms with van der Waals surface area (Å²) in [5.74, 6) is -0.381. The molecule has 0 unspecified atom stereocenters. The molecular formula is C27H31ClN4O4. The summed E-state index contributed by atoms with van der Waals surface area (Å²) in [5.41, 5.74) is 0.132. The fourth-order valence-electron chi connectivity index (χ4n) is 5.38. The normalized spacial score (nSPS) is 22.2. The zero-order chi connectivity index (χ0) is 25.3. The van der Waals surface area contributed by atoms with Crippen LogP contribution in [0.25, 0.3) is 0 Å². The number of halogens is 1. The first-order valence-corrected chi connectivity index (χ1v) is 12.8. The van der Waals surface area contributed by atoms with Crippen LogP contribution in [0.5, 0.6) is 0 Å². The molecule has 0 aromatic heterocycles. The minimum Gasteiger partial charge on any atom is -0.353 e. The number of hydrogen-bond donors (Lipinski definition) is 0. The Morgan fingerprint density at radius 3 is 2.17 bits per heavy atom. The molecule has 1 spiro atoms. The lowest BCUT2D eigenvalue weighted by atomic mass is 9.96. The van der Waals surface area contributed by atoms with E-state index in [4.69, 9.17) is 16.3 Å². The van der Waals surface area contributed by atoms with Crippen LogP contribution < -0.4 is 0 Å². The zero-order valence-corrected chi connectivity index (χ0v) is 21.2. The van der Waals surface area contributed by atoms with Crippen LogP contribution in [-0.4, -0.2) is 102 Å². The third kappa shape index (κ3) is 4.73. The van der Waals surface area contributed by atoms with Crippen molar-refractivity contribution in [2.24, 2.45) is 0 Å². The summed E-state index contributed by atoms with van der Waals surface area (Å²) in [6.07, 6.45) is 0.870. The molecule has 3 fully saturated rings. The van der Waals surface area contributed by atoms with E-state index in [0.29, 0.717) is 55.2 Å². The summed E-state index contributed by atoms with van der Waals surface area (Å²) in [4.78, 5) is 48.0. The number of piperidine rings is 1. The van der Waals surface area contributed by atoms with Crippen molar-refractivity contribution < 1.29 is 19.1 Å². The molecule has 36 heavy (non-hydrogen) atoms. The van der Waals surface area contributed by atoms with Crippen molar-refractivity contribution in [3.63, 3.8) is 0 Å². The fraction of sp³-hybridized carbons (Fsp3) is 0.444. The maximum atomic E-state index is 13.8. The maximum absolute atomic E-state index is 13.8. The predicted molar refractivity (Wildman–Crippen MR) is 136 cm³/mol. The van der Waals surface area contributed by atoms with E-state index < -0.39 is 11.8 Å². The average molecular weight is 511 g/mol. The van der Waals surface area contributed by atoms with Gasteiger partial charge in [0, 0.05) is 68.3 Å². The number of piperazine rings is 1. The number of carbonyl (C=O) groups excluding carboxylic acids is 3. The Kier molecular flexibility index (Phi) is 7.01. The van der Waals surface area contributed by atoms with Crippen LogP contribution in [-0.2, 0) is 9.53 Å². The molecule has 0 N–H and O–H groups in total. The molecule has 3 heterocycles. The first-order valence-electron chi connectivity index (χ1n) is 12.4. The van der Waals surface area contributed by atoms with Crippen LogP contribution in [0.15, 0.2) is 54.6 Å². The van der Waals surface area contributed by atoms with Gasteiger partial charge in [-0.3, -0.25) is 19.3 Å². The molecule has 3 aliphatic heterocycles. The van der Waals surface area contributed by atoms with Crippen molar-refractivity contribution in [3.8, 4) is 0 Å². The van der Waals surface area contributed by atoms with E-state index in [0.717, 1.165) is 13.1 Å². The second kappa shape index (κ2) is 10.2. The molecule has 0 bridgehead atoms. The SMILES string of the molecule is CN1CCN(C(=O)[C@@H]2COC3(CCN(C(=O)c4cccc(Cl)c4)CC3)N2C(=O)c2ccccc2)CC1. The molecule has 8 nitrogen and oxygen atoms in total. The molecule has 0 saturated carbocycles. The van der Waals surface area contributed by atoms with E-state index in [9.17, 15) is 14.4 Å². The Bertz CT molecular complexity index is 1130. The van der Waals surface area contributed by atoms with E-state index in [-0.39, 0.29) is 24.3 Å². The summed E-state index contributed by atoms with van der Waals surface area (Å²) < 4.78 is 6.32. The van der Waals surface area contributed by atoms with E-state index in [2.05, 4.69) is 4.90 Å². The maximum Gasteiger partial charge on any atom is 0.256 e. The highest BCUT2D eigenvalue weighted by molar-refractivity contribution is 6.30. The molecule has 1 atom stereocenters. The van der Waals surface area contributed by atoms with Gasteiger partial charge in [-0.2, -0.15) is 0 Å².